The molecule has 0 aliphatic heterocycles. The second-order valence-electron chi connectivity index (χ2n) is 7.90. The molecule has 9 heteroatoms. The predicted octanol–water partition coefficient (Wildman–Crippen LogP) is 5.17. The first kappa shape index (κ1) is 29.0. The average Bonchev–Trinajstić information content (AvgIpc) is 2.95. The number of carbonyl (C=O) groups excluding carboxylic acids is 2. The van der Waals surface area contributed by atoms with E-state index in [1.165, 1.54) is 0 Å². The number of hydrogen-bond donors (Lipinski definition) is 0. The van der Waals surface area contributed by atoms with E-state index in [2.05, 4.69) is 0 Å². The molecule has 0 fully saturated rings. The second-order valence-corrected chi connectivity index (χ2v) is 8.28. The van der Waals surface area contributed by atoms with Gasteiger partial charge in [0.25, 0.3) is 0 Å². The van der Waals surface area contributed by atoms with Crippen LogP contribution in [0.4, 0.5) is 0 Å². The molecule has 8 nitrogen and oxygen atoms in total. The third-order valence-electron chi connectivity index (χ3n) is 5.24. The Morgan fingerprint density at radius 2 is 1.18 bits per heavy atom. The number of methoxy groups -OCH3 is 1. The Labute approximate surface area is 227 Å². The van der Waals surface area contributed by atoms with Crippen LogP contribution in [0.1, 0.15) is 16.8 Å². The number of esters is 2. The molecule has 0 aromatic heterocycles. The molecular formula is C29H31ClO8. The van der Waals surface area contributed by atoms with Gasteiger partial charge in [-0.1, -0.05) is 24.3 Å². The first-order valence-electron chi connectivity index (χ1n) is 12.2. The van der Waals surface area contributed by atoms with E-state index < -0.39 is 5.97 Å². The molecular weight excluding hydrogens is 512 g/mol. The van der Waals surface area contributed by atoms with E-state index in [1.807, 2.05) is 36.4 Å². The molecule has 0 aliphatic rings. The lowest BCUT2D eigenvalue weighted by atomic mass is 10.1. The molecule has 38 heavy (non-hydrogen) atoms. The maximum Gasteiger partial charge on any atom is 0.343 e. The Hall–Kier alpha value is -3.59. The molecule has 0 N–H and O–H groups in total. The molecule has 0 aliphatic carbocycles. The van der Waals surface area contributed by atoms with Crippen LogP contribution in [0.5, 0.6) is 17.2 Å². The number of carbonyl (C=O) groups is 2. The van der Waals surface area contributed by atoms with Crippen LogP contribution in [-0.4, -0.2) is 64.6 Å². The summed E-state index contributed by atoms with van der Waals surface area (Å²) in [6, 6.07) is 21.8. The highest BCUT2D eigenvalue weighted by atomic mass is 35.5. The van der Waals surface area contributed by atoms with E-state index in [1.54, 1.807) is 43.5 Å². The van der Waals surface area contributed by atoms with E-state index >= 15 is 0 Å². The molecule has 0 saturated carbocycles. The molecule has 0 saturated heterocycles. The summed E-state index contributed by atoms with van der Waals surface area (Å²) >= 11 is 5.45. The van der Waals surface area contributed by atoms with Crippen molar-refractivity contribution < 1.29 is 38.0 Å². The Morgan fingerprint density at radius 3 is 1.76 bits per heavy atom. The zero-order valence-corrected chi connectivity index (χ0v) is 22.0. The van der Waals surface area contributed by atoms with Crippen molar-refractivity contribution in [2.24, 2.45) is 0 Å². The summed E-state index contributed by atoms with van der Waals surface area (Å²) in [5.74, 6) is 1.32. The van der Waals surface area contributed by atoms with Crippen molar-refractivity contribution in [3.63, 3.8) is 0 Å². The van der Waals surface area contributed by atoms with Crippen molar-refractivity contribution in [1.29, 1.82) is 0 Å². The summed E-state index contributed by atoms with van der Waals surface area (Å²) in [4.78, 5) is 23.6. The molecule has 0 atom stereocenters. The fourth-order valence-electron chi connectivity index (χ4n) is 3.26. The highest BCUT2D eigenvalue weighted by Gasteiger charge is 2.09. The minimum absolute atomic E-state index is 0.193. The minimum atomic E-state index is -0.453. The topological polar surface area (TPSA) is 89.5 Å². The van der Waals surface area contributed by atoms with E-state index in [9.17, 15) is 9.59 Å². The van der Waals surface area contributed by atoms with E-state index in [-0.39, 0.29) is 24.9 Å². The first-order valence-corrected chi connectivity index (χ1v) is 12.7. The summed E-state index contributed by atoms with van der Waals surface area (Å²) in [6.07, 6.45) is 0.193. The molecule has 3 aromatic rings. The van der Waals surface area contributed by atoms with Gasteiger partial charge in [0.2, 0.25) is 0 Å². The Bertz CT molecular complexity index is 1110. The smallest absolute Gasteiger partial charge is 0.343 e. The fraction of sp³-hybridized carbons (Fsp3) is 0.310. The largest absolute Gasteiger partial charge is 0.497 e. The maximum absolute atomic E-state index is 12.5. The van der Waals surface area contributed by atoms with Crippen molar-refractivity contribution in [3.8, 4) is 28.4 Å². The third-order valence-corrected chi connectivity index (χ3v) is 5.42. The number of benzene rings is 3. The van der Waals surface area contributed by atoms with Gasteiger partial charge < -0.3 is 28.4 Å². The van der Waals surface area contributed by atoms with Crippen LogP contribution in [0.25, 0.3) is 11.1 Å². The zero-order chi connectivity index (χ0) is 27.0. The average molecular weight is 543 g/mol. The molecule has 0 heterocycles. The predicted molar refractivity (Wildman–Crippen MR) is 143 cm³/mol. The summed E-state index contributed by atoms with van der Waals surface area (Å²) < 4.78 is 32.0. The van der Waals surface area contributed by atoms with Crippen molar-refractivity contribution in [2.75, 3.05) is 52.6 Å². The van der Waals surface area contributed by atoms with Gasteiger partial charge in [-0.3, -0.25) is 4.79 Å². The Kier molecular flexibility index (Phi) is 12.4. The number of halogens is 1. The maximum atomic E-state index is 12.5. The quantitative estimate of drug-likeness (QED) is 0.106. The number of hydrogen-bond acceptors (Lipinski definition) is 8. The third kappa shape index (κ3) is 10.0. The lowest BCUT2D eigenvalue weighted by Gasteiger charge is -2.09. The van der Waals surface area contributed by atoms with Gasteiger partial charge in [-0.05, 0) is 59.7 Å². The first-order chi connectivity index (χ1) is 18.6. The summed E-state index contributed by atoms with van der Waals surface area (Å²) in [6.45, 7) is 2.00. The molecule has 0 amide bonds. The highest BCUT2D eigenvalue weighted by Crippen LogP contribution is 2.25. The zero-order valence-electron chi connectivity index (χ0n) is 21.2. The van der Waals surface area contributed by atoms with Crippen LogP contribution in [0.15, 0.2) is 72.8 Å². The van der Waals surface area contributed by atoms with Crippen molar-refractivity contribution in [2.45, 2.75) is 6.42 Å². The number of ether oxygens (including phenoxy) is 6. The highest BCUT2D eigenvalue weighted by molar-refractivity contribution is 6.18. The summed E-state index contributed by atoms with van der Waals surface area (Å²) in [5, 5.41) is 0. The second kappa shape index (κ2) is 16.3. The summed E-state index contributed by atoms with van der Waals surface area (Å²) in [5.41, 5.74) is 2.46. The van der Waals surface area contributed by atoms with Crippen LogP contribution in [0.2, 0.25) is 0 Å². The molecule has 0 bridgehead atoms. The molecule has 3 aromatic carbocycles. The van der Waals surface area contributed by atoms with Crippen molar-refractivity contribution in [3.05, 3.63) is 78.4 Å². The van der Waals surface area contributed by atoms with Gasteiger partial charge in [0.05, 0.1) is 45.5 Å². The van der Waals surface area contributed by atoms with Gasteiger partial charge in [-0.2, -0.15) is 0 Å². The van der Waals surface area contributed by atoms with Crippen LogP contribution in [-0.2, 0) is 19.0 Å². The molecule has 0 radical (unpaired) electrons. The van der Waals surface area contributed by atoms with E-state index in [4.69, 9.17) is 40.0 Å². The Morgan fingerprint density at radius 1 is 0.658 bits per heavy atom. The van der Waals surface area contributed by atoms with Crippen LogP contribution < -0.4 is 14.2 Å². The van der Waals surface area contributed by atoms with Gasteiger partial charge in [0.1, 0.15) is 30.5 Å². The normalized spacial score (nSPS) is 10.6. The van der Waals surface area contributed by atoms with Crippen molar-refractivity contribution in [1.82, 2.24) is 0 Å². The van der Waals surface area contributed by atoms with Gasteiger partial charge in [0.15, 0.2) is 0 Å². The monoisotopic (exact) mass is 542 g/mol. The summed E-state index contributed by atoms with van der Waals surface area (Å²) in [7, 11) is 1.63. The number of rotatable bonds is 16. The van der Waals surface area contributed by atoms with E-state index in [0.717, 1.165) is 16.9 Å². The standard InChI is InChI=1S/C29H31ClO8/c1-33-25-8-2-22(3-9-25)23-4-12-27(13-5-23)38-29(32)24-6-10-26(11-7-24)36-20-18-34-16-17-35-19-21-37-28(31)14-15-30/h2-13H,14-21H2,1H3. The lowest BCUT2D eigenvalue weighted by Crippen LogP contribution is -2.14. The molecule has 0 spiro atoms. The van der Waals surface area contributed by atoms with Crippen LogP contribution in [0.3, 0.4) is 0 Å². The van der Waals surface area contributed by atoms with Gasteiger partial charge in [0, 0.05) is 5.88 Å². The fourth-order valence-corrected chi connectivity index (χ4v) is 3.41. The molecule has 202 valence electrons. The minimum Gasteiger partial charge on any atom is -0.497 e. The SMILES string of the molecule is COc1ccc(-c2ccc(OC(=O)c3ccc(OCCOCCOCCOC(=O)CCCl)cc3)cc2)cc1. The van der Waals surface area contributed by atoms with Gasteiger partial charge in [-0.15, -0.1) is 11.6 Å². The Balaban J connectivity index is 1.31. The van der Waals surface area contributed by atoms with Gasteiger partial charge >= 0.3 is 11.9 Å². The molecule has 3 rings (SSSR count). The lowest BCUT2D eigenvalue weighted by molar-refractivity contribution is -0.144. The van der Waals surface area contributed by atoms with Gasteiger partial charge in [-0.25, -0.2) is 4.79 Å². The van der Waals surface area contributed by atoms with E-state index in [0.29, 0.717) is 50.1 Å². The molecule has 0 unspecified atom stereocenters. The van der Waals surface area contributed by atoms with Crippen LogP contribution >= 0.6 is 11.6 Å². The number of alkyl halides is 1. The van der Waals surface area contributed by atoms with Crippen LogP contribution in [0, 0.1) is 0 Å². The van der Waals surface area contributed by atoms with Crippen molar-refractivity contribution >= 4 is 23.5 Å².